The quantitative estimate of drug-likeness (QED) is 0.415. The van der Waals surface area contributed by atoms with E-state index in [1.165, 1.54) is 0 Å². The minimum atomic E-state index is 0.122. The Balaban J connectivity index is 2.99. The maximum absolute atomic E-state index is 8.53. The van der Waals surface area contributed by atoms with Crippen molar-refractivity contribution in [2.75, 3.05) is 44.5 Å². The second kappa shape index (κ2) is 13.6. The Morgan fingerprint density at radius 1 is 0.842 bits per heavy atom. The molecule has 116 valence electrons. The Kier molecular flexibility index (Phi) is 14.0. The summed E-state index contributed by atoms with van der Waals surface area (Å²) in [5.41, 5.74) is 0.378. The fraction of sp³-hybridized carbons (Fsp3) is 1.00. The van der Waals surface area contributed by atoms with Gasteiger partial charge in [-0.2, -0.15) is 0 Å². The molecule has 0 unspecified atom stereocenters. The van der Waals surface area contributed by atoms with Crippen LogP contribution in [0.4, 0.5) is 0 Å². The van der Waals surface area contributed by atoms with Crippen molar-refractivity contribution in [2.24, 2.45) is 5.41 Å². The zero-order valence-electron chi connectivity index (χ0n) is 12.7. The predicted molar refractivity (Wildman–Crippen MR) is 86.9 cm³/mol. The van der Waals surface area contributed by atoms with Crippen LogP contribution in [-0.4, -0.2) is 49.6 Å². The molecule has 0 heterocycles. The molecule has 0 aromatic rings. The number of hydrogen-bond donors (Lipinski definition) is 1. The first-order chi connectivity index (χ1) is 9.06. The van der Waals surface area contributed by atoms with Crippen molar-refractivity contribution in [3.05, 3.63) is 0 Å². The van der Waals surface area contributed by atoms with E-state index in [4.69, 9.17) is 14.6 Å². The van der Waals surface area contributed by atoms with Crippen molar-refractivity contribution in [1.29, 1.82) is 0 Å². The van der Waals surface area contributed by atoms with Gasteiger partial charge in [-0.1, -0.05) is 42.4 Å². The van der Waals surface area contributed by atoms with Gasteiger partial charge < -0.3 is 14.6 Å². The summed E-state index contributed by atoms with van der Waals surface area (Å²) in [5.74, 6) is 2.26. The second-order valence-electron chi connectivity index (χ2n) is 5.61. The SMILES string of the molecule is CC(C)(C)CCOCCCSSCCCOCCO. The maximum atomic E-state index is 8.53. The number of rotatable bonds is 13. The van der Waals surface area contributed by atoms with Crippen molar-refractivity contribution in [3.8, 4) is 0 Å². The lowest BCUT2D eigenvalue weighted by Gasteiger charge is -2.17. The molecule has 0 spiro atoms. The monoisotopic (exact) mass is 310 g/mol. The van der Waals surface area contributed by atoms with Crippen LogP contribution in [0.2, 0.25) is 0 Å². The van der Waals surface area contributed by atoms with Crippen LogP contribution in [0.3, 0.4) is 0 Å². The molecule has 5 heteroatoms. The van der Waals surface area contributed by atoms with E-state index in [1.807, 2.05) is 21.6 Å². The van der Waals surface area contributed by atoms with E-state index >= 15 is 0 Å². The van der Waals surface area contributed by atoms with Crippen LogP contribution in [0.25, 0.3) is 0 Å². The molecule has 0 rings (SSSR count). The van der Waals surface area contributed by atoms with Gasteiger partial charge in [0.15, 0.2) is 0 Å². The van der Waals surface area contributed by atoms with E-state index in [0.29, 0.717) is 12.0 Å². The average molecular weight is 311 g/mol. The van der Waals surface area contributed by atoms with Gasteiger partial charge in [0.25, 0.3) is 0 Å². The third kappa shape index (κ3) is 18.6. The molecule has 0 aliphatic rings. The zero-order chi connectivity index (χ0) is 14.4. The smallest absolute Gasteiger partial charge is 0.0697 e. The Morgan fingerprint density at radius 3 is 1.84 bits per heavy atom. The van der Waals surface area contributed by atoms with E-state index < -0.39 is 0 Å². The average Bonchev–Trinajstić information content (AvgIpc) is 2.34. The summed E-state index contributed by atoms with van der Waals surface area (Å²) in [5, 5.41) is 8.53. The molecule has 0 radical (unpaired) electrons. The predicted octanol–water partition coefficient (Wildman–Crippen LogP) is 3.61. The molecule has 0 aliphatic carbocycles. The van der Waals surface area contributed by atoms with E-state index in [0.717, 1.165) is 50.6 Å². The summed E-state index contributed by atoms with van der Waals surface area (Å²) in [7, 11) is 3.81. The summed E-state index contributed by atoms with van der Waals surface area (Å²) in [4.78, 5) is 0. The van der Waals surface area contributed by atoms with Gasteiger partial charge in [0, 0.05) is 31.3 Å². The van der Waals surface area contributed by atoms with Crippen molar-refractivity contribution in [1.82, 2.24) is 0 Å². The van der Waals surface area contributed by atoms with E-state index in [2.05, 4.69) is 20.8 Å². The Morgan fingerprint density at radius 2 is 1.37 bits per heavy atom. The molecule has 0 aliphatic heterocycles. The van der Waals surface area contributed by atoms with Crippen molar-refractivity contribution in [3.63, 3.8) is 0 Å². The Hall–Kier alpha value is 0.580. The molecule has 0 saturated carbocycles. The lowest BCUT2D eigenvalue weighted by Crippen LogP contribution is -2.10. The first kappa shape index (κ1) is 19.6. The van der Waals surface area contributed by atoms with Gasteiger partial charge in [-0.25, -0.2) is 0 Å². The van der Waals surface area contributed by atoms with Gasteiger partial charge in [0.2, 0.25) is 0 Å². The molecule has 3 nitrogen and oxygen atoms in total. The normalized spacial score (nSPS) is 12.0. The molecule has 0 fully saturated rings. The molecular weight excluding hydrogens is 280 g/mol. The van der Waals surface area contributed by atoms with Crippen LogP contribution < -0.4 is 0 Å². The van der Waals surface area contributed by atoms with Gasteiger partial charge >= 0.3 is 0 Å². The van der Waals surface area contributed by atoms with Crippen LogP contribution >= 0.6 is 21.6 Å². The van der Waals surface area contributed by atoms with Crippen LogP contribution in [0.15, 0.2) is 0 Å². The third-order valence-corrected chi connectivity index (χ3v) is 4.93. The van der Waals surface area contributed by atoms with Crippen molar-refractivity contribution >= 4 is 21.6 Å². The van der Waals surface area contributed by atoms with Crippen LogP contribution in [0, 0.1) is 5.41 Å². The minimum absolute atomic E-state index is 0.122. The summed E-state index contributed by atoms with van der Waals surface area (Å²) >= 11 is 0. The highest BCUT2D eigenvalue weighted by atomic mass is 33.1. The fourth-order valence-electron chi connectivity index (χ4n) is 1.20. The van der Waals surface area contributed by atoms with Gasteiger partial charge in [-0.3, -0.25) is 0 Å². The number of hydrogen-bond acceptors (Lipinski definition) is 5. The standard InChI is InChI=1S/C14H30O3S2/c1-14(2,3)6-10-16-8-4-12-18-19-13-5-9-17-11-7-15/h15H,4-13H2,1-3H3. The molecule has 0 saturated heterocycles. The van der Waals surface area contributed by atoms with Crippen LogP contribution in [-0.2, 0) is 9.47 Å². The van der Waals surface area contributed by atoms with Crippen LogP contribution in [0.1, 0.15) is 40.0 Å². The summed E-state index contributed by atoms with van der Waals surface area (Å²) in [6, 6.07) is 0. The van der Waals surface area contributed by atoms with Gasteiger partial charge in [0.1, 0.15) is 0 Å². The molecule has 0 bridgehead atoms. The molecule has 0 atom stereocenters. The highest BCUT2D eigenvalue weighted by Gasteiger charge is 2.08. The highest BCUT2D eigenvalue weighted by Crippen LogP contribution is 2.22. The highest BCUT2D eigenvalue weighted by molar-refractivity contribution is 8.76. The lowest BCUT2D eigenvalue weighted by molar-refractivity contribution is 0.0933. The van der Waals surface area contributed by atoms with E-state index in [-0.39, 0.29) is 6.61 Å². The van der Waals surface area contributed by atoms with Gasteiger partial charge in [-0.15, -0.1) is 0 Å². The van der Waals surface area contributed by atoms with E-state index in [1.54, 1.807) is 0 Å². The summed E-state index contributed by atoms with van der Waals surface area (Å²) < 4.78 is 10.8. The number of ether oxygens (including phenoxy) is 2. The fourth-order valence-corrected chi connectivity index (χ4v) is 3.33. The molecule has 0 amide bonds. The summed E-state index contributed by atoms with van der Waals surface area (Å²) in [6.07, 6.45) is 3.31. The molecule has 19 heavy (non-hydrogen) atoms. The maximum Gasteiger partial charge on any atom is 0.0697 e. The summed E-state index contributed by atoms with van der Waals surface area (Å²) in [6.45, 7) is 9.82. The van der Waals surface area contributed by atoms with Crippen LogP contribution in [0.5, 0.6) is 0 Å². The number of aliphatic hydroxyl groups excluding tert-OH is 1. The Labute approximate surface area is 126 Å². The van der Waals surface area contributed by atoms with Crippen molar-refractivity contribution < 1.29 is 14.6 Å². The van der Waals surface area contributed by atoms with Gasteiger partial charge in [0.05, 0.1) is 13.2 Å². The molecule has 0 aromatic heterocycles. The van der Waals surface area contributed by atoms with E-state index in [9.17, 15) is 0 Å². The molecule has 1 N–H and O–H groups in total. The van der Waals surface area contributed by atoms with Crippen molar-refractivity contribution in [2.45, 2.75) is 40.0 Å². The topological polar surface area (TPSA) is 38.7 Å². The molecule has 0 aromatic carbocycles. The first-order valence-corrected chi connectivity index (χ1v) is 9.56. The molecular formula is C14H30O3S2. The largest absolute Gasteiger partial charge is 0.394 e. The lowest BCUT2D eigenvalue weighted by atomic mass is 9.93. The number of aliphatic hydroxyl groups is 1. The second-order valence-corrected chi connectivity index (χ2v) is 8.31. The Bertz CT molecular complexity index is 184. The third-order valence-electron chi connectivity index (χ3n) is 2.35. The minimum Gasteiger partial charge on any atom is -0.394 e. The first-order valence-electron chi connectivity index (χ1n) is 7.07. The zero-order valence-corrected chi connectivity index (χ0v) is 14.3. The van der Waals surface area contributed by atoms with Gasteiger partial charge in [-0.05, 0) is 24.7 Å².